The number of likely N-dealkylation sites (N-methyl/N-ethyl adjacent to an activating group) is 1. The minimum atomic E-state index is -0.588. The number of carbonyl (C=O) groups is 1. The second-order valence-electron chi connectivity index (χ2n) is 5.36. The second-order valence-corrected chi connectivity index (χ2v) is 5.36. The van der Waals surface area contributed by atoms with Crippen molar-refractivity contribution in [2.75, 3.05) is 37.9 Å². The predicted octanol–water partition coefficient (Wildman–Crippen LogP) is 1.33. The normalized spacial score (nSPS) is 18.6. The molecule has 0 aromatic heterocycles. The highest BCUT2D eigenvalue weighted by atomic mass is 16.5. The molecule has 0 spiro atoms. The lowest BCUT2D eigenvalue weighted by atomic mass is 9.96. The Kier molecular flexibility index (Phi) is 3.30. The smallest absolute Gasteiger partial charge is 0.247 e. The van der Waals surface area contributed by atoms with Crippen LogP contribution in [0.4, 0.5) is 11.4 Å². The average Bonchev–Trinajstić information content (AvgIpc) is 2.37. The van der Waals surface area contributed by atoms with Crippen LogP contribution in [0.1, 0.15) is 13.8 Å². The topological polar surface area (TPSA) is 58.8 Å². The molecular formula is C14H21N3O2. The largest absolute Gasteiger partial charge is 0.497 e. The summed E-state index contributed by atoms with van der Waals surface area (Å²) in [5, 5.41) is 0. The molecule has 19 heavy (non-hydrogen) atoms. The molecule has 2 N–H and O–H groups in total. The minimum Gasteiger partial charge on any atom is -0.497 e. The van der Waals surface area contributed by atoms with Crippen LogP contribution in [0.5, 0.6) is 5.75 Å². The highest BCUT2D eigenvalue weighted by Gasteiger charge is 2.41. The number of methoxy groups -OCH3 is 1. The Morgan fingerprint density at radius 3 is 2.58 bits per heavy atom. The third kappa shape index (κ3) is 2.20. The predicted molar refractivity (Wildman–Crippen MR) is 76.5 cm³/mol. The zero-order valence-corrected chi connectivity index (χ0v) is 11.9. The first-order valence-corrected chi connectivity index (χ1v) is 6.34. The molecule has 0 aliphatic carbocycles. The monoisotopic (exact) mass is 263 g/mol. The summed E-state index contributed by atoms with van der Waals surface area (Å²) in [6.45, 7) is 5.32. The molecule has 5 heteroatoms. The summed E-state index contributed by atoms with van der Waals surface area (Å²) in [6, 6.07) is 5.56. The quantitative estimate of drug-likeness (QED) is 0.818. The van der Waals surface area contributed by atoms with Gasteiger partial charge in [-0.15, -0.1) is 0 Å². The summed E-state index contributed by atoms with van der Waals surface area (Å²) in [7, 11) is 3.44. The van der Waals surface area contributed by atoms with Gasteiger partial charge in [-0.2, -0.15) is 0 Å². The summed E-state index contributed by atoms with van der Waals surface area (Å²) in [4.78, 5) is 16.1. The van der Waals surface area contributed by atoms with Gasteiger partial charge in [0, 0.05) is 26.2 Å². The number of amides is 1. The van der Waals surface area contributed by atoms with Crippen LogP contribution in [-0.4, -0.2) is 43.6 Å². The molecule has 1 saturated heterocycles. The van der Waals surface area contributed by atoms with E-state index in [9.17, 15) is 4.79 Å². The molecule has 0 bridgehead atoms. The molecule has 1 heterocycles. The number of rotatable bonds is 2. The molecule has 1 fully saturated rings. The molecule has 0 unspecified atom stereocenters. The van der Waals surface area contributed by atoms with Gasteiger partial charge in [-0.1, -0.05) is 0 Å². The first-order valence-electron chi connectivity index (χ1n) is 6.34. The van der Waals surface area contributed by atoms with E-state index in [0.717, 1.165) is 18.0 Å². The molecular weight excluding hydrogens is 242 g/mol. The number of carbonyl (C=O) groups excluding carboxylic acids is 1. The molecule has 1 aromatic rings. The number of piperazine rings is 1. The summed E-state index contributed by atoms with van der Waals surface area (Å²) in [5.41, 5.74) is 7.01. The molecule has 1 amide bonds. The van der Waals surface area contributed by atoms with Crippen LogP contribution in [0.25, 0.3) is 0 Å². The van der Waals surface area contributed by atoms with E-state index in [2.05, 4.69) is 4.90 Å². The van der Waals surface area contributed by atoms with Crippen LogP contribution in [0, 0.1) is 0 Å². The van der Waals surface area contributed by atoms with Gasteiger partial charge in [-0.25, -0.2) is 0 Å². The Bertz CT molecular complexity index is 499. The van der Waals surface area contributed by atoms with Gasteiger partial charge in [0.15, 0.2) is 0 Å². The number of ether oxygens (including phenoxy) is 1. The summed E-state index contributed by atoms with van der Waals surface area (Å²) in [6.07, 6.45) is 0. The SMILES string of the molecule is COc1ccc(N2CCN(C)C(=O)C2(C)C)c(N)c1. The maximum Gasteiger partial charge on any atom is 0.247 e. The van der Waals surface area contributed by atoms with Gasteiger partial charge < -0.3 is 20.3 Å². The average molecular weight is 263 g/mol. The molecule has 5 nitrogen and oxygen atoms in total. The van der Waals surface area contributed by atoms with Crippen molar-refractivity contribution < 1.29 is 9.53 Å². The van der Waals surface area contributed by atoms with Crippen LogP contribution in [0.2, 0.25) is 0 Å². The van der Waals surface area contributed by atoms with Crippen LogP contribution in [0.15, 0.2) is 18.2 Å². The second kappa shape index (κ2) is 4.64. The van der Waals surface area contributed by atoms with Crippen LogP contribution < -0.4 is 15.4 Å². The third-order valence-corrected chi connectivity index (χ3v) is 3.73. The van der Waals surface area contributed by atoms with E-state index in [1.165, 1.54) is 0 Å². The van der Waals surface area contributed by atoms with Gasteiger partial charge in [-0.05, 0) is 26.0 Å². The van der Waals surface area contributed by atoms with Crippen molar-refractivity contribution in [3.05, 3.63) is 18.2 Å². The third-order valence-electron chi connectivity index (χ3n) is 3.73. The number of nitrogen functional groups attached to an aromatic ring is 1. The van der Waals surface area contributed by atoms with Gasteiger partial charge in [-0.3, -0.25) is 4.79 Å². The number of benzene rings is 1. The Balaban J connectivity index is 2.38. The first kappa shape index (κ1) is 13.5. The van der Waals surface area contributed by atoms with Crippen molar-refractivity contribution in [3.63, 3.8) is 0 Å². The molecule has 0 saturated carbocycles. The number of nitrogens with zero attached hydrogens (tertiary/aromatic N) is 2. The van der Waals surface area contributed by atoms with Crippen LogP contribution in [-0.2, 0) is 4.79 Å². The van der Waals surface area contributed by atoms with E-state index in [0.29, 0.717) is 12.2 Å². The zero-order valence-electron chi connectivity index (χ0n) is 11.9. The van der Waals surface area contributed by atoms with E-state index >= 15 is 0 Å². The maximum atomic E-state index is 12.3. The standard InChI is InChI=1S/C14H21N3O2/c1-14(2)13(18)16(3)7-8-17(14)12-6-5-10(19-4)9-11(12)15/h5-6,9H,7-8,15H2,1-4H3. The van der Waals surface area contributed by atoms with Crippen LogP contribution in [0.3, 0.4) is 0 Å². The molecule has 0 radical (unpaired) electrons. The lowest BCUT2D eigenvalue weighted by Crippen LogP contribution is -2.62. The lowest BCUT2D eigenvalue weighted by Gasteiger charge is -2.46. The number of anilines is 2. The molecule has 1 aliphatic rings. The highest BCUT2D eigenvalue weighted by Crippen LogP contribution is 2.34. The molecule has 2 rings (SSSR count). The van der Waals surface area contributed by atoms with E-state index in [1.54, 1.807) is 18.1 Å². The molecule has 1 aromatic carbocycles. The Morgan fingerprint density at radius 1 is 1.32 bits per heavy atom. The van der Waals surface area contributed by atoms with Gasteiger partial charge >= 0.3 is 0 Å². The maximum absolute atomic E-state index is 12.3. The Morgan fingerprint density at radius 2 is 2.00 bits per heavy atom. The van der Waals surface area contributed by atoms with Crippen molar-refractivity contribution in [2.45, 2.75) is 19.4 Å². The van der Waals surface area contributed by atoms with Crippen molar-refractivity contribution >= 4 is 17.3 Å². The lowest BCUT2D eigenvalue weighted by molar-refractivity contribution is -0.136. The van der Waals surface area contributed by atoms with Crippen molar-refractivity contribution in [3.8, 4) is 5.75 Å². The number of hydrogen-bond acceptors (Lipinski definition) is 4. The number of hydrogen-bond donors (Lipinski definition) is 1. The van der Waals surface area contributed by atoms with Gasteiger partial charge in [0.2, 0.25) is 5.91 Å². The first-order chi connectivity index (χ1) is 8.87. The number of nitrogens with two attached hydrogens (primary N) is 1. The summed E-state index contributed by atoms with van der Waals surface area (Å²) < 4.78 is 5.15. The minimum absolute atomic E-state index is 0.106. The van der Waals surface area contributed by atoms with E-state index in [4.69, 9.17) is 10.5 Å². The van der Waals surface area contributed by atoms with Gasteiger partial charge in [0.25, 0.3) is 0 Å². The van der Waals surface area contributed by atoms with Gasteiger partial charge in [0.05, 0.1) is 18.5 Å². The van der Waals surface area contributed by atoms with Crippen molar-refractivity contribution in [1.29, 1.82) is 0 Å². The fourth-order valence-corrected chi connectivity index (χ4v) is 2.54. The summed E-state index contributed by atoms with van der Waals surface area (Å²) in [5.74, 6) is 0.827. The molecule has 1 aliphatic heterocycles. The van der Waals surface area contributed by atoms with E-state index < -0.39 is 5.54 Å². The Labute approximate surface area is 113 Å². The van der Waals surface area contributed by atoms with Crippen molar-refractivity contribution in [2.24, 2.45) is 0 Å². The molecule has 104 valence electrons. The molecule has 0 atom stereocenters. The fourth-order valence-electron chi connectivity index (χ4n) is 2.54. The highest BCUT2D eigenvalue weighted by molar-refractivity contribution is 5.91. The zero-order chi connectivity index (χ0) is 14.2. The summed E-state index contributed by atoms with van der Waals surface area (Å²) >= 11 is 0. The van der Waals surface area contributed by atoms with E-state index in [1.807, 2.05) is 33.0 Å². The fraction of sp³-hybridized carbons (Fsp3) is 0.500. The van der Waals surface area contributed by atoms with E-state index in [-0.39, 0.29) is 5.91 Å². The van der Waals surface area contributed by atoms with Crippen LogP contribution >= 0.6 is 0 Å². The van der Waals surface area contributed by atoms with Crippen molar-refractivity contribution in [1.82, 2.24) is 4.90 Å². The van der Waals surface area contributed by atoms with Gasteiger partial charge in [0.1, 0.15) is 11.3 Å². The Hall–Kier alpha value is -1.91.